The normalized spacial score (nSPS) is 11.3. The van der Waals surface area contributed by atoms with Gasteiger partial charge in [-0.05, 0) is 11.6 Å². The molecule has 0 aliphatic carbocycles. The smallest absolute Gasteiger partial charge is 0.222 e. The van der Waals surface area contributed by atoms with Crippen LogP contribution in [0.15, 0.2) is 60.7 Å². The van der Waals surface area contributed by atoms with Crippen LogP contribution in [0.4, 0.5) is 11.4 Å². The van der Waals surface area contributed by atoms with E-state index in [9.17, 15) is 4.79 Å². The molecule has 0 aliphatic rings. The van der Waals surface area contributed by atoms with Gasteiger partial charge in [0.1, 0.15) is 22.3 Å². The minimum Gasteiger partial charge on any atom is -0.491 e. The van der Waals surface area contributed by atoms with Gasteiger partial charge in [-0.25, -0.2) is 0 Å². The second-order valence-corrected chi connectivity index (χ2v) is 8.34. The zero-order valence-corrected chi connectivity index (χ0v) is 19.2. The Labute approximate surface area is 192 Å². The van der Waals surface area contributed by atoms with Crippen molar-refractivity contribution in [2.45, 2.75) is 13.0 Å². The first-order chi connectivity index (χ1) is 14.8. The average molecular weight is 460 g/mol. The van der Waals surface area contributed by atoms with Gasteiger partial charge in [0.05, 0.1) is 27.6 Å². The molecule has 0 heterocycles. The first-order valence-corrected chi connectivity index (χ1v) is 10.4. The number of carbonyl (C=O) groups excluding carboxylic acids is 1. The number of rotatable bonds is 8. The Bertz CT molecular complexity index is 1090. The summed E-state index contributed by atoms with van der Waals surface area (Å²) in [6.45, 7) is 0.350. The van der Waals surface area contributed by atoms with E-state index in [0.29, 0.717) is 33.8 Å². The molecule has 1 amide bonds. The number of carbonyl (C=O) groups is 1. The van der Waals surface area contributed by atoms with Crippen LogP contribution in [0.5, 0.6) is 11.5 Å². The maximum absolute atomic E-state index is 11.6. The van der Waals surface area contributed by atoms with Crippen LogP contribution >= 0.6 is 23.2 Å². The van der Waals surface area contributed by atoms with Crippen LogP contribution in [0.25, 0.3) is 0 Å². The molecule has 0 unspecified atom stereocenters. The Morgan fingerprint density at radius 1 is 1.03 bits per heavy atom. The first-order valence-electron chi connectivity index (χ1n) is 9.69. The highest BCUT2D eigenvalue weighted by Crippen LogP contribution is 2.50. The molecule has 3 aromatic rings. The predicted molar refractivity (Wildman–Crippen MR) is 126 cm³/mol. The van der Waals surface area contributed by atoms with Crippen LogP contribution < -0.4 is 19.7 Å². The van der Waals surface area contributed by atoms with Crippen molar-refractivity contribution in [3.05, 3.63) is 81.8 Å². The Kier molecular flexibility index (Phi) is 7.11. The number of benzene rings is 3. The third-order valence-corrected chi connectivity index (χ3v) is 5.71. The number of methoxy groups -OCH3 is 1. The molecule has 0 aliphatic heterocycles. The number of hydrogen-bond acceptors (Lipinski definition) is 3. The summed E-state index contributed by atoms with van der Waals surface area (Å²) < 4.78 is 11.7. The number of amides is 1. The summed E-state index contributed by atoms with van der Waals surface area (Å²) in [7, 11) is 5.42. The molecule has 0 fully saturated rings. The van der Waals surface area contributed by atoms with Crippen LogP contribution in [-0.4, -0.2) is 27.1 Å². The van der Waals surface area contributed by atoms with E-state index in [1.807, 2.05) is 68.7 Å². The number of para-hydroxylation sites is 1. The zero-order chi connectivity index (χ0) is 22.6. The summed E-state index contributed by atoms with van der Waals surface area (Å²) >= 11 is 13.5. The number of primary amides is 1. The lowest BCUT2D eigenvalue weighted by molar-refractivity contribution is -0.117. The van der Waals surface area contributed by atoms with E-state index in [1.165, 1.54) is 7.11 Å². The first kappa shape index (κ1) is 22.9. The second kappa shape index (κ2) is 9.60. The maximum atomic E-state index is 11.6. The Morgan fingerprint density at radius 2 is 1.68 bits per heavy atom. The van der Waals surface area contributed by atoms with Gasteiger partial charge in [0, 0.05) is 11.6 Å². The summed E-state index contributed by atoms with van der Waals surface area (Å²) in [6, 6.07) is 19.1. The highest BCUT2D eigenvalue weighted by atomic mass is 35.5. The van der Waals surface area contributed by atoms with Crippen LogP contribution in [0.3, 0.4) is 0 Å². The molecule has 0 bridgehead atoms. The Hall–Kier alpha value is -2.73. The highest BCUT2D eigenvalue weighted by Gasteiger charge is 2.34. The van der Waals surface area contributed by atoms with Gasteiger partial charge in [-0.3, -0.25) is 9.28 Å². The second-order valence-electron chi connectivity index (χ2n) is 7.55. The van der Waals surface area contributed by atoms with Crippen molar-refractivity contribution in [1.82, 2.24) is 4.48 Å². The van der Waals surface area contributed by atoms with Gasteiger partial charge < -0.3 is 15.2 Å². The molecule has 2 N–H and O–H groups in total. The number of ether oxygens (including phenoxy) is 2. The quantitative estimate of drug-likeness (QED) is 0.451. The summed E-state index contributed by atoms with van der Waals surface area (Å²) in [5, 5.41) is 0.768. The van der Waals surface area contributed by atoms with E-state index >= 15 is 0 Å². The number of nitrogens with two attached hydrogens (primary N) is 1. The average Bonchev–Trinajstić information content (AvgIpc) is 2.72. The van der Waals surface area contributed by atoms with Crippen molar-refractivity contribution in [2.75, 3.05) is 21.2 Å². The SMILES string of the molecule is COc1c(OCc2ccccc2)cc(Cl)c([N+](C)(C)c2ccccc2CC(N)=O)c1Cl. The Balaban J connectivity index is 2.05. The topological polar surface area (TPSA) is 61.6 Å². The van der Waals surface area contributed by atoms with E-state index in [0.717, 1.165) is 16.8 Å². The Morgan fingerprint density at radius 3 is 2.32 bits per heavy atom. The van der Waals surface area contributed by atoms with Gasteiger partial charge in [0.25, 0.3) is 0 Å². The van der Waals surface area contributed by atoms with E-state index < -0.39 is 5.91 Å². The third kappa shape index (κ3) is 4.96. The molecule has 0 radical (unpaired) electrons. The van der Waals surface area contributed by atoms with E-state index in [2.05, 4.69) is 0 Å². The zero-order valence-electron chi connectivity index (χ0n) is 17.7. The van der Waals surface area contributed by atoms with Gasteiger partial charge in [0.2, 0.25) is 5.91 Å². The molecule has 31 heavy (non-hydrogen) atoms. The molecular formula is C24H25Cl2N2O3+. The maximum Gasteiger partial charge on any atom is 0.222 e. The third-order valence-electron chi connectivity index (χ3n) is 5.07. The van der Waals surface area contributed by atoms with Crippen molar-refractivity contribution < 1.29 is 14.3 Å². The fourth-order valence-corrected chi connectivity index (χ4v) is 4.57. The fraction of sp³-hybridized carbons (Fsp3) is 0.208. The minimum absolute atomic E-state index is 0.114. The number of hydrogen-bond donors (Lipinski definition) is 1. The summed E-state index contributed by atoms with van der Waals surface area (Å²) in [5.74, 6) is 0.443. The van der Waals surface area contributed by atoms with Crippen LogP contribution in [-0.2, 0) is 17.8 Å². The van der Waals surface area contributed by atoms with Gasteiger partial charge >= 0.3 is 0 Å². The standard InChI is InChI=1S/C24H24Cl2N2O3/c1-28(2,19-12-8-7-11-17(19)13-21(27)29)23-18(25)14-20(24(30-3)22(23)26)31-15-16-9-5-4-6-10-16/h4-12,14H,13,15H2,1-3H3,(H-,27,29)/p+1. The largest absolute Gasteiger partial charge is 0.491 e. The molecule has 0 saturated heterocycles. The van der Waals surface area contributed by atoms with E-state index in [-0.39, 0.29) is 10.9 Å². The van der Waals surface area contributed by atoms with E-state index in [4.69, 9.17) is 38.4 Å². The van der Waals surface area contributed by atoms with Gasteiger partial charge in [-0.15, -0.1) is 0 Å². The molecule has 3 aromatic carbocycles. The number of nitrogens with zero attached hydrogens (tertiary/aromatic N) is 1. The molecular weight excluding hydrogens is 435 g/mol. The highest BCUT2D eigenvalue weighted by molar-refractivity contribution is 6.40. The summed E-state index contributed by atoms with van der Waals surface area (Å²) in [6.07, 6.45) is 0.114. The van der Waals surface area contributed by atoms with E-state index in [1.54, 1.807) is 6.07 Å². The monoisotopic (exact) mass is 459 g/mol. The lowest BCUT2D eigenvalue weighted by Gasteiger charge is -2.32. The van der Waals surface area contributed by atoms with Crippen molar-refractivity contribution in [1.29, 1.82) is 0 Å². The minimum atomic E-state index is -0.410. The van der Waals surface area contributed by atoms with Gasteiger partial charge in [-0.2, -0.15) is 0 Å². The predicted octanol–water partition coefficient (Wildman–Crippen LogP) is 5.51. The molecule has 162 valence electrons. The molecule has 5 nitrogen and oxygen atoms in total. The number of quaternary nitrogens is 1. The van der Waals surface area contributed by atoms with Crippen molar-refractivity contribution in [3.63, 3.8) is 0 Å². The lowest BCUT2D eigenvalue weighted by Crippen LogP contribution is -2.36. The van der Waals surface area contributed by atoms with Gasteiger partial charge in [0.15, 0.2) is 17.2 Å². The molecule has 0 saturated carbocycles. The molecule has 7 heteroatoms. The van der Waals surface area contributed by atoms with Crippen molar-refractivity contribution >= 4 is 40.5 Å². The van der Waals surface area contributed by atoms with Crippen LogP contribution in [0.2, 0.25) is 10.0 Å². The number of halogens is 2. The summed E-state index contributed by atoms with van der Waals surface area (Å²) in [5.41, 5.74) is 8.74. The fourth-order valence-electron chi connectivity index (χ4n) is 3.63. The van der Waals surface area contributed by atoms with Crippen LogP contribution in [0, 0.1) is 0 Å². The molecule has 0 spiro atoms. The molecule has 3 rings (SSSR count). The molecule has 0 atom stereocenters. The summed E-state index contributed by atoms with van der Waals surface area (Å²) in [4.78, 5) is 11.6. The van der Waals surface area contributed by atoms with Crippen molar-refractivity contribution in [2.24, 2.45) is 5.73 Å². The lowest BCUT2D eigenvalue weighted by atomic mass is 10.1. The van der Waals surface area contributed by atoms with Crippen molar-refractivity contribution in [3.8, 4) is 11.5 Å². The van der Waals surface area contributed by atoms with Crippen LogP contribution in [0.1, 0.15) is 11.1 Å². The van der Waals surface area contributed by atoms with Gasteiger partial charge in [-0.1, -0.05) is 71.7 Å². The molecule has 0 aromatic heterocycles.